The van der Waals surface area contributed by atoms with Crippen LogP contribution in [0.5, 0.6) is 0 Å². The van der Waals surface area contributed by atoms with Crippen LogP contribution in [0.15, 0.2) is 0 Å². The number of halogens is 2. The van der Waals surface area contributed by atoms with Crippen LogP contribution in [0.3, 0.4) is 0 Å². The summed E-state index contributed by atoms with van der Waals surface area (Å²) in [4.78, 5) is 10.4. The number of hydrogen-bond acceptors (Lipinski definition) is 4. The topological polar surface area (TPSA) is 99.2 Å². The first-order chi connectivity index (χ1) is 6.43. The van der Waals surface area contributed by atoms with Gasteiger partial charge in [0.2, 0.25) is 0 Å². The third kappa shape index (κ3) is 11.9. The minimum atomic E-state index is -0.971. The van der Waals surface area contributed by atoms with E-state index in [-0.39, 0.29) is 30.9 Å². The van der Waals surface area contributed by atoms with Crippen LogP contribution in [-0.2, 0) is 4.79 Å². The average Bonchev–Trinajstić information content (AvgIpc) is 2.02. The maximum absolute atomic E-state index is 10.4. The summed E-state index contributed by atoms with van der Waals surface area (Å²) >= 11 is 1.47. The number of carbonyl (C=O) groups is 1. The second kappa shape index (κ2) is 11.3. The van der Waals surface area contributed by atoms with E-state index in [1.165, 1.54) is 11.8 Å². The fourth-order valence-corrected chi connectivity index (χ4v) is 1.82. The molecule has 0 radical (unpaired) electrons. The standard InChI is InChI=1S/C8H17N3O2S.2ClH/c1-5(11-6(2)9)3-14-4-7(10)8(12)13;;/h5,7H,3-4,10H2,1-2H3,(H2,9,11)(H,12,13);2*1H/t5-,7-;;/m1../s1. The van der Waals surface area contributed by atoms with E-state index in [2.05, 4.69) is 5.32 Å². The van der Waals surface area contributed by atoms with Crippen molar-refractivity contribution >= 4 is 48.4 Å². The zero-order valence-corrected chi connectivity index (χ0v) is 11.7. The van der Waals surface area contributed by atoms with Crippen LogP contribution in [-0.4, -0.2) is 40.5 Å². The van der Waals surface area contributed by atoms with Crippen LogP contribution in [0.2, 0.25) is 0 Å². The van der Waals surface area contributed by atoms with Crippen molar-refractivity contribution in [2.75, 3.05) is 11.5 Å². The fraction of sp³-hybridized carbons (Fsp3) is 0.750. The molecule has 0 saturated carbocycles. The zero-order valence-electron chi connectivity index (χ0n) is 9.23. The van der Waals surface area contributed by atoms with Crippen molar-refractivity contribution in [2.45, 2.75) is 25.9 Å². The van der Waals surface area contributed by atoms with Crippen LogP contribution >= 0.6 is 36.6 Å². The minimum Gasteiger partial charge on any atom is -0.480 e. The predicted molar refractivity (Wildman–Crippen MR) is 73.4 cm³/mol. The zero-order chi connectivity index (χ0) is 11.1. The molecule has 0 aromatic rings. The number of rotatable bonds is 6. The molecule has 0 bridgehead atoms. The Bertz CT molecular complexity index is 219. The van der Waals surface area contributed by atoms with E-state index < -0.39 is 12.0 Å². The molecule has 0 heterocycles. The molecule has 8 heteroatoms. The van der Waals surface area contributed by atoms with E-state index in [4.69, 9.17) is 16.2 Å². The molecule has 0 amide bonds. The molecule has 5 nitrogen and oxygen atoms in total. The SMILES string of the molecule is CC(=N)N[C@H](C)CSC[C@@H](N)C(=O)O.Cl.Cl. The van der Waals surface area contributed by atoms with E-state index in [0.717, 1.165) is 5.75 Å². The van der Waals surface area contributed by atoms with Gasteiger partial charge in [0.15, 0.2) is 0 Å². The molecule has 0 aromatic carbocycles. The highest BCUT2D eigenvalue weighted by molar-refractivity contribution is 7.99. The summed E-state index contributed by atoms with van der Waals surface area (Å²) in [6.45, 7) is 3.61. The van der Waals surface area contributed by atoms with Gasteiger partial charge in [-0.1, -0.05) is 0 Å². The molecular weight excluding hydrogens is 273 g/mol. The van der Waals surface area contributed by atoms with Gasteiger partial charge in [-0.3, -0.25) is 10.2 Å². The Kier molecular flexibility index (Phi) is 15.0. The van der Waals surface area contributed by atoms with Crippen LogP contribution < -0.4 is 11.1 Å². The Balaban J connectivity index is -0.000000845. The second-order valence-corrected chi connectivity index (χ2v) is 4.23. The smallest absolute Gasteiger partial charge is 0.321 e. The van der Waals surface area contributed by atoms with Crippen molar-refractivity contribution in [1.29, 1.82) is 5.41 Å². The first-order valence-corrected chi connectivity index (χ1v) is 5.46. The highest BCUT2D eigenvalue weighted by atomic mass is 35.5. The summed E-state index contributed by atoms with van der Waals surface area (Å²) in [5.74, 6) is 0.595. The van der Waals surface area contributed by atoms with Gasteiger partial charge >= 0.3 is 5.97 Å². The maximum atomic E-state index is 10.4. The molecule has 0 saturated heterocycles. The highest BCUT2D eigenvalue weighted by Gasteiger charge is 2.11. The first kappa shape index (κ1) is 21.1. The predicted octanol–water partition coefficient (Wildman–Crippen LogP) is 0.950. The van der Waals surface area contributed by atoms with Crippen molar-refractivity contribution in [1.82, 2.24) is 5.32 Å². The fourth-order valence-electron chi connectivity index (χ4n) is 0.854. The Morgan fingerprint density at radius 2 is 2.00 bits per heavy atom. The molecule has 0 fully saturated rings. The summed E-state index contributed by atoms with van der Waals surface area (Å²) in [5, 5.41) is 18.6. The van der Waals surface area contributed by atoms with E-state index in [1.54, 1.807) is 6.92 Å². The lowest BCUT2D eigenvalue weighted by Crippen LogP contribution is -2.35. The number of amidine groups is 1. The summed E-state index contributed by atoms with van der Waals surface area (Å²) in [5.41, 5.74) is 5.32. The number of nitrogens with one attached hydrogen (secondary N) is 2. The van der Waals surface area contributed by atoms with Crippen LogP contribution in [0.4, 0.5) is 0 Å². The van der Waals surface area contributed by atoms with Crippen molar-refractivity contribution in [3.63, 3.8) is 0 Å². The number of carboxylic acids is 1. The molecule has 0 aliphatic heterocycles. The van der Waals surface area contributed by atoms with Gasteiger partial charge in [0.05, 0.1) is 5.84 Å². The summed E-state index contributed by atoms with van der Waals surface area (Å²) in [7, 11) is 0. The summed E-state index contributed by atoms with van der Waals surface area (Å²) < 4.78 is 0. The highest BCUT2D eigenvalue weighted by Crippen LogP contribution is 2.04. The largest absolute Gasteiger partial charge is 0.480 e. The van der Waals surface area contributed by atoms with Gasteiger partial charge in [-0.15, -0.1) is 24.8 Å². The quantitative estimate of drug-likeness (QED) is 0.431. The van der Waals surface area contributed by atoms with Crippen LogP contribution in [0, 0.1) is 5.41 Å². The molecule has 0 aliphatic rings. The second-order valence-electron chi connectivity index (χ2n) is 3.15. The first-order valence-electron chi connectivity index (χ1n) is 4.31. The molecular formula is C8H19Cl2N3O2S. The van der Waals surface area contributed by atoms with Gasteiger partial charge in [0, 0.05) is 17.5 Å². The van der Waals surface area contributed by atoms with E-state index in [0.29, 0.717) is 11.6 Å². The summed E-state index contributed by atoms with van der Waals surface area (Å²) in [6.07, 6.45) is 0. The molecule has 0 spiro atoms. The maximum Gasteiger partial charge on any atom is 0.321 e. The van der Waals surface area contributed by atoms with Crippen molar-refractivity contribution in [3.8, 4) is 0 Å². The van der Waals surface area contributed by atoms with Gasteiger partial charge in [-0.2, -0.15) is 11.8 Å². The molecule has 0 aromatic heterocycles. The number of aliphatic carboxylic acids is 1. The monoisotopic (exact) mass is 291 g/mol. The number of carboxylic acid groups (broad SMARTS) is 1. The molecule has 0 aliphatic carbocycles. The Morgan fingerprint density at radius 3 is 2.38 bits per heavy atom. The number of nitrogens with two attached hydrogens (primary N) is 1. The normalized spacial score (nSPS) is 12.7. The number of thioether (sulfide) groups is 1. The van der Waals surface area contributed by atoms with Gasteiger partial charge in [-0.05, 0) is 13.8 Å². The van der Waals surface area contributed by atoms with Crippen LogP contribution in [0.1, 0.15) is 13.8 Å². The molecule has 16 heavy (non-hydrogen) atoms. The van der Waals surface area contributed by atoms with E-state index in [9.17, 15) is 4.79 Å². The van der Waals surface area contributed by atoms with Crippen molar-refractivity contribution in [3.05, 3.63) is 0 Å². The Labute approximate surface area is 112 Å². The average molecular weight is 292 g/mol. The lowest BCUT2D eigenvalue weighted by molar-refractivity contribution is -0.137. The third-order valence-electron chi connectivity index (χ3n) is 1.45. The molecule has 0 rings (SSSR count). The lowest BCUT2D eigenvalue weighted by atomic mass is 10.4. The summed E-state index contributed by atoms with van der Waals surface area (Å²) in [6, 6.07) is -0.633. The Morgan fingerprint density at radius 1 is 1.50 bits per heavy atom. The van der Waals surface area contributed by atoms with Gasteiger partial charge < -0.3 is 16.2 Å². The van der Waals surface area contributed by atoms with Gasteiger partial charge in [0.25, 0.3) is 0 Å². The van der Waals surface area contributed by atoms with Crippen LogP contribution in [0.25, 0.3) is 0 Å². The molecule has 98 valence electrons. The van der Waals surface area contributed by atoms with Crippen molar-refractivity contribution < 1.29 is 9.90 Å². The molecule has 2 atom stereocenters. The van der Waals surface area contributed by atoms with Gasteiger partial charge in [-0.25, -0.2) is 0 Å². The number of hydrogen-bond donors (Lipinski definition) is 4. The van der Waals surface area contributed by atoms with Crippen molar-refractivity contribution in [2.24, 2.45) is 5.73 Å². The minimum absolute atomic E-state index is 0. The van der Waals surface area contributed by atoms with Gasteiger partial charge in [0.1, 0.15) is 6.04 Å². The van der Waals surface area contributed by atoms with E-state index in [1.807, 2.05) is 6.92 Å². The Hall–Kier alpha value is -0.170. The lowest BCUT2D eigenvalue weighted by Gasteiger charge is -2.14. The van der Waals surface area contributed by atoms with E-state index >= 15 is 0 Å². The molecule has 0 unspecified atom stereocenters. The molecule has 5 N–H and O–H groups in total. The third-order valence-corrected chi connectivity index (χ3v) is 2.78.